The topological polar surface area (TPSA) is 143 Å². The van der Waals surface area contributed by atoms with Crippen molar-refractivity contribution in [2.75, 3.05) is 0 Å². The van der Waals surface area contributed by atoms with Crippen LogP contribution in [-0.2, 0) is 0 Å². The van der Waals surface area contributed by atoms with Gasteiger partial charge in [0.1, 0.15) is 59.2 Å². The molecular formula is C28H8F2N6. The van der Waals surface area contributed by atoms with Crippen molar-refractivity contribution in [2.45, 2.75) is 0 Å². The average Bonchev–Trinajstić information content (AvgIpc) is 3.39. The predicted octanol–water partition coefficient (Wildman–Crippen LogP) is 5.23. The summed E-state index contributed by atoms with van der Waals surface area (Å²) in [5.74, 6) is -1.12. The van der Waals surface area contributed by atoms with Crippen molar-refractivity contribution in [3.8, 4) is 36.4 Å². The fraction of sp³-hybridized carbons (Fsp3) is 0. The number of halogens is 2. The van der Waals surface area contributed by atoms with Crippen molar-refractivity contribution >= 4 is 11.1 Å². The zero-order chi connectivity index (χ0) is 26.0. The van der Waals surface area contributed by atoms with E-state index in [2.05, 4.69) is 0 Å². The van der Waals surface area contributed by atoms with E-state index >= 15 is 0 Å². The number of hydrogen-bond donors (Lipinski definition) is 0. The Hall–Kier alpha value is -6.06. The molecule has 6 nitrogen and oxygen atoms in total. The fourth-order valence-corrected chi connectivity index (χ4v) is 4.31. The smallest absolute Gasteiger partial charge is 0.138 e. The average molecular weight is 466 g/mol. The standard InChI is InChI=1S/C28H8F2N6/c29-19-5-1-15(2-6-19)23-21(13-35)27-26(18(11-33)12-34)24(16-3-7-20(30)8-4-16)22(14-36)28(27)25(23)17(9-31)10-32/h1-8H. The second-order valence-corrected chi connectivity index (χ2v) is 7.43. The van der Waals surface area contributed by atoms with E-state index in [-0.39, 0.29) is 55.7 Å². The molecule has 0 fully saturated rings. The summed E-state index contributed by atoms with van der Waals surface area (Å²) in [4.78, 5) is 0. The van der Waals surface area contributed by atoms with Crippen LogP contribution in [0.1, 0.15) is 11.1 Å². The molecule has 0 radical (unpaired) electrons. The second-order valence-electron chi connectivity index (χ2n) is 7.43. The molecule has 4 rings (SSSR count). The molecule has 0 saturated heterocycles. The van der Waals surface area contributed by atoms with E-state index in [1.165, 1.54) is 24.3 Å². The summed E-state index contributed by atoms with van der Waals surface area (Å²) >= 11 is 0. The first-order valence-corrected chi connectivity index (χ1v) is 10.1. The van der Waals surface area contributed by atoms with Gasteiger partial charge in [0.15, 0.2) is 0 Å². The molecule has 0 saturated carbocycles. The lowest BCUT2D eigenvalue weighted by molar-refractivity contribution is 0.627. The third kappa shape index (κ3) is 3.34. The molecule has 2 aromatic rings. The van der Waals surface area contributed by atoms with Crippen LogP contribution in [-0.4, -0.2) is 0 Å². The van der Waals surface area contributed by atoms with Gasteiger partial charge in [0.25, 0.3) is 0 Å². The summed E-state index contributed by atoms with van der Waals surface area (Å²) in [5.41, 5.74) is -0.295. The largest absolute Gasteiger partial charge is 0.207 e. The SMILES string of the molecule is N#CC(C#N)=C1C2=C(C(C#N)=C1c1ccc(F)cc1)C(=C(C#N)C#N)C(c1ccc(F)cc1)=C2C#N. The molecule has 0 amide bonds. The molecule has 0 atom stereocenters. The summed E-state index contributed by atoms with van der Waals surface area (Å²) in [6.45, 7) is 0. The van der Waals surface area contributed by atoms with Gasteiger partial charge < -0.3 is 0 Å². The van der Waals surface area contributed by atoms with Gasteiger partial charge in [-0.15, -0.1) is 0 Å². The molecule has 2 aliphatic carbocycles. The van der Waals surface area contributed by atoms with Crippen molar-refractivity contribution < 1.29 is 8.78 Å². The Morgan fingerprint density at radius 1 is 0.472 bits per heavy atom. The van der Waals surface area contributed by atoms with Gasteiger partial charge in [0.2, 0.25) is 0 Å². The maximum atomic E-state index is 13.6. The number of benzene rings is 2. The van der Waals surface area contributed by atoms with Crippen molar-refractivity contribution in [1.82, 2.24) is 0 Å². The van der Waals surface area contributed by atoms with Gasteiger partial charge in [-0.1, -0.05) is 24.3 Å². The maximum Gasteiger partial charge on any atom is 0.138 e. The molecule has 36 heavy (non-hydrogen) atoms. The Labute approximate surface area is 204 Å². The number of nitriles is 6. The molecule has 0 aliphatic heterocycles. The van der Waals surface area contributed by atoms with Gasteiger partial charge in [-0.3, -0.25) is 0 Å². The fourth-order valence-electron chi connectivity index (χ4n) is 4.31. The van der Waals surface area contributed by atoms with Crippen LogP contribution in [0.25, 0.3) is 11.1 Å². The van der Waals surface area contributed by atoms with E-state index in [1.807, 2.05) is 12.1 Å². The van der Waals surface area contributed by atoms with Crippen molar-refractivity contribution in [3.05, 3.63) is 116 Å². The zero-order valence-corrected chi connectivity index (χ0v) is 18.1. The highest BCUT2D eigenvalue weighted by molar-refractivity contribution is 6.11. The Kier molecular flexibility index (Phi) is 5.82. The van der Waals surface area contributed by atoms with Crippen LogP contribution in [0.4, 0.5) is 8.78 Å². The lowest BCUT2D eigenvalue weighted by Crippen LogP contribution is -2.01. The normalized spacial score (nSPS) is 13.8. The summed E-state index contributed by atoms with van der Waals surface area (Å²) in [6, 6.07) is 21.1. The van der Waals surface area contributed by atoms with Gasteiger partial charge in [-0.2, -0.15) is 31.6 Å². The summed E-state index contributed by atoms with van der Waals surface area (Å²) in [6.07, 6.45) is 0. The monoisotopic (exact) mass is 466 g/mol. The lowest BCUT2D eigenvalue weighted by atomic mass is 9.85. The molecule has 8 heteroatoms. The summed E-state index contributed by atoms with van der Waals surface area (Å²) in [7, 11) is 0. The molecule has 0 N–H and O–H groups in total. The van der Waals surface area contributed by atoms with E-state index in [0.717, 1.165) is 24.3 Å². The summed E-state index contributed by atoms with van der Waals surface area (Å²) < 4.78 is 27.3. The van der Waals surface area contributed by atoms with E-state index in [0.29, 0.717) is 0 Å². The van der Waals surface area contributed by atoms with Gasteiger partial charge >= 0.3 is 0 Å². The second kappa shape index (κ2) is 9.06. The van der Waals surface area contributed by atoms with E-state index in [9.17, 15) is 40.4 Å². The minimum absolute atomic E-state index is 0.0313. The highest BCUT2D eigenvalue weighted by Gasteiger charge is 2.44. The van der Waals surface area contributed by atoms with Crippen molar-refractivity contribution in [2.24, 2.45) is 0 Å². The van der Waals surface area contributed by atoms with Crippen molar-refractivity contribution in [3.63, 3.8) is 0 Å². The number of rotatable bonds is 2. The van der Waals surface area contributed by atoms with Crippen LogP contribution in [0.3, 0.4) is 0 Å². The Morgan fingerprint density at radius 2 is 0.778 bits per heavy atom. The van der Waals surface area contributed by atoms with Crippen LogP contribution in [0.2, 0.25) is 0 Å². The van der Waals surface area contributed by atoms with Gasteiger partial charge in [0, 0.05) is 33.4 Å². The van der Waals surface area contributed by atoms with Crippen LogP contribution >= 0.6 is 0 Å². The Morgan fingerprint density at radius 3 is 1.03 bits per heavy atom. The zero-order valence-electron chi connectivity index (χ0n) is 18.1. The first kappa shape index (κ1) is 23.1. The molecule has 2 aliphatic rings. The van der Waals surface area contributed by atoms with Crippen LogP contribution in [0.5, 0.6) is 0 Å². The van der Waals surface area contributed by atoms with Crippen LogP contribution < -0.4 is 0 Å². The molecule has 2 aromatic carbocycles. The molecule has 164 valence electrons. The minimum atomic E-state index is -0.560. The van der Waals surface area contributed by atoms with E-state index in [4.69, 9.17) is 0 Å². The predicted molar refractivity (Wildman–Crippen MR) is 121 cm³/mol. The van der Waals surface area contributed by atoms with Gasteiger partial charge in [-0.25, -0.2) is 8.78 Å². The maximum absolute atomic E-state index is 13.6. The quantitative estimate of drug-likeness (QED) is 0.555. The summed E-state index contributed by atoms with van der Waals surface area (Å²) in [5, 5.41) is 59.3. The number of hydrogen-bond acceptors (Lipinski definition) is 6. The minimum Gasteiger partial charge on any atom is -0.207 e. The van der Waals surface area contributed by atoms with Crippen LogP contribution in [0.15, 0.2) is 93.1 Å². The van der Waals surface area contributed by atoms with Crippen LogP contribution in [0, 0.1) is 79.6 Å². The van der Waals surface area contributed by atoms with Gasteiger partial charge in [0.05, 0.1) is 11.1 Å². The van der Waals surface area contributed by atoms with E-state index in [1.54, 1.807) is 24.3 Å². The lowest BCUT2D eigenvalue weighted by Gasteiger charge is -2.14. The molecule has 0 heterocycles. The third-order valence-electron chi connectivity index (χ3n) is 5.69. The first-order chi connectivity index (χ1) is 17.4. The number of nitrogens with zero attached hydrogens (tertiary/aromatic N) is 6. The molecule has 0 spiro atoms. The highest BCUT2D eigenvalue weighted by Crippen LogP contribution is 2.57. The Bertz CT molecular complexity index is 1610. The Balaban J connectivity index is 2.23. The molecule has 0 aromatic heterocycles. The number of allylic oxidation sites excluding steroid dienone is 10. The van der Waals surface area contributed by atoms with Gasteiger partial charge in [-0.05, 0) is 35.4 Å². The van der Waals surface area contributed by atoms with E-state index < -0.39 is 22.8 Å². The molecule has 0 unspecified atom stereocenters. The third-order valence-corrected chi connectivity index (χ3v) is 5.69. The first-order valence-electron chi connectivity index (χ1n) is 10.1. The highest BCUT2D eigenvalue weighted by atomic mass is 19.1. The molecule has 0 bridgehead atoms. The van der Waals surface area contributed by atoms with Crippen molar-refractivity contribution in [1.29, 1.82) is 31.6 Å². The molecular weight excluding hydrogens is 458 g/mol.